The number of amides is 1. The molecule has 1 unspecified atom stereocenters. The number of aromatic nitrogens is 2. The minimum atomic E-state index is -1.80. The van der Waals surface area contributed by atoms with Crippen LogP contribution in [0.25, 0.3) is 0 Å². The Bertz CT molecular complexity index is 1800. The smallest absolute Gasteiger partial charge is 0.257 e. The van der Waals surface area contributed by atoms with Crippen LogP contribution in [0.1, 0.15) is 69.2 Å². The normalized spacial score (nSPS) is 20.7. The van der Waals surface area contributed by atoms with Crippen molar-refractivity contribution >= 4 is 17.5 Å². The summed E-state index contributed by atoms with van der Waals surface area (Å²) >= 11 is 6.27. The summed E-state index contributed by atoms with van der Waals surface area (Å²) in [5.41, 5.74) is -1.48. The van der Waals surface area contributed by atoms with E-state index in [0.717, 1.165) is 0 Å². The third kappa shape index (κ3) is 5.11. The second-order valence-corrected chi connectivity index (χ2v) is 11.8. The molecule has 2 aliphatic rings. The molecule has 45 heavy (non-hydrogen) atoms. The van der Waals surface area contributed by atoms with Crippen LogP contribution in [-0.4, -0.2) is 49.9 Å². The number of ether oxygens (including phenoxy) is 2. The Morgan fingerprint density at radius 1 is 1.27 bits per heavy atom. The molecule has 3 atom stereocenters. The lowest BCUT2D eigenvalue weighted by Crippen LogP contribution is -2.49. The topological polar surface area (TPSA) is 121 Å². The molecule has 0 aliphatic carbocycles. The maximum absolute atomic E-state index is 16.9. The van der Waals surface area contributed by atoms with Crippen LogP contribution in [0.15, 0.2) is 67.1 Å². The van der Waals surface area contributed by atoms with E-state index in [1.165, 1.54) is 17.0 Å². The molecule has 4 aromatic rings. The molecule has 0 bridgehead atoms. The lowest BCUT2D eigenvalue weighted by molar-refractivity contribution is -0.148. The van der Waals surface area contributed by atoms with Gasteiger partial charge >= 0.3 is 0 Å². The molecule has 6 rings (SSSR count). The van der Waals surface area contributed by atoms with E-state index in [2.05, 4.69) is 11.1 Å². The lowest BCUT2D eigenvalue weighted by Gasteiger charge is -2.41. The zero-order chi connectivity index (χ0) is 31.9. The number of carbonyl (C=O) groups excluding carboxylic acids is 1. The molecule has 1 aromatic heterocycles. The molecule has 9 nitrogen and oxygen atoms in total. The van der Waals surface area contributed by atoms with Gasteiger partial charge in [-0.15, -0.1) is 0 Å². The molecule has 1 saturated heterocycles. The van der Waals surface area contributed by atoms with Gasteiger partial charge in [-0.05, 0) is 59.9 Å². The maximum atomic E-state index is 16.9. The number of halogens is 2. The zero-order valence-corrected chi connectivity index (χ0v) is 25.6. The molecular formula is C34H32ClFN4O5. The van der Waals surface area contributed by atoms with E-state index in [-0.39, 0.29) is 48.4 Å². The van der Waals surface area contributed by atoms with Gasteiger partial charge in [0.05, 0.1) is 60.6 Å². The van der Waals surface area contributed by atoms with E-state index in [1.54, 1.807) is 73.5 Å². The fraction of sp³-hybridized carbons (Fsp3) is 0.324. The van der Waals surface area contributed by atoms with E-state index in [9.17, 15) is 20.3 Å². The first-order valence-corrected chi connectivity index (χ1v) is 15.0. The fourth-order valence-electron chi connectivity index (χ4n) is 6.37. The minimum absolute atomic E-state index is 0.00154. The minimum Gasteiger partial charge on any atom is -0.392 e. The van der Waals surface area contributed by atoms with E-state index in [4.69, 9.17) is 21.1 Å². The van der Waals surface area contributed by atoms with Crippen molar-refractivity contribution in [2.75, 3.05) is 13.2 Å². The van der Waals surface area contributed by atoms with Gasteiger partial charge in [0.25, 0.3) is 5.91 Å². The number of hydrogen-bond acceptors (Lipinski definition) is 7. The summed E-state index contributed by atoms with van der Waals surface area (Å²) in [4.78, 5) is 20.4. The molecule has 3 aromatic carbocycles. The number of imidazole rings is 1. The molecule has 0 radical (unpaired) electrons. The monoisotopic (exact) mass is 630 g/mol. The first kappa shape index (κ1) is 30.9. The molecular weight excluding hydrogens is 599 g/mol. The predicted octanol–water partition coefficient (Wildman–Crippen LogP) is 4.89. The first-order chi connectivity index (χ1) is 21.7. The van der Waals surface area contributed by atoms with Crippen LogP contribution in [0.3, 0.4) is 0 Å². The summed E-state index contributed by atoms with van der Waals surface area (Å²) in [6, 6.07) is 16.5. The van der Waals surface area contributed by atoms with Crippen LogP contribution in [-0.2, 0) is 41.0 Å². The number of carbonyl (C=O) groups is 1. The summed E-state index contributed by atoms with van der Waals surface area (Å²) in [6.07, 6.45) is 3.37. The van der Waals surface area contributed by atoms with Crippen LogP contribution >= 0.6 is 11.6 Å². The number of benzene rings is 3. The highest BCUT2D eigenvalue weighted by molar-refractivity contribution is 6.30. The molecule has 2 aliphatic heterocycles. The van der Waals surface area contributed by atoms with Crippen LogP contribution in [0.2, 0.25) is 5.02 Å². The number of hydrogen-bond donors (Lipinski definition) is 2. The van der Waals surface area contributed by atoms with Crippen molar-refractivity contribution in [2.24, 2.45) is 7.05 Å². The maximum Gasteiger partial charge on any atom is 0.257 e. The Hall–Kier alpha value is -4.11. The largest absolute Gasteiger partial charge is 0.392 e. The van der Waals surface area contributed by atoms with Gasteiger partial charge in [0.1, 0.15) is 11.4 Å². The van der Waals surface area contributed by atoms with Crippen molar-refractivity contribution in [2.45, 2.75) is 50.3 Å². The van der Waals surface area contributed by atoms with Crippen molar-refractivity contribution < 1.29 is 28.9 Å². The molecule has 232 valence electrons. The zero-order valence-electron chi connectivity index (χ0n) is 24.8. The Morgan fingerprint density at radius 2 is 2.04 bits per heavy atom. The lowest BCUT2D eigenvalue weighted by atomic mass is 9.84. The van der Waals surface area contributed by atoms with Gasteiger partial charge in [0, 0.05) is 30.4 Å². The van der Waals surface area contributed by atoms with E-state index in [0.29, 0.717) is 40.4 Å². The van der Waals surface area contributed by atoms with Gasteiger partial charge in [-0.25, -0.2) is 9.37 Å². The Morgan fingerprint density at radius 3 is 2.67 bits per heavy atom. The molecule has 11 heteroatoms. The number of nitriles is 1. The quantitative estimate of drug-likeness (QED) is 0.270. The number of fused-ring (bicyclic) bond motifs is 1. The summed E-state index contributed by atoms with van der Waals surface area (Å²) in [5.74, 6) is -1.33. The van der Waals surface area contributed by atoms with Crippen molar-refractivity contribution in [1.29, 1.82) is 5.26 Å². The number of aliphatic hydroxyl groups excluding tert-OH is 1. The molecule has 1 amide bonds. The molecule has 1 fully saturated rings. The Kier molecular flexibility index (Phi) is 8.24. The highest BCUT2D eigenvalue weighted by atomic mass is 35.5. The Balaban J connectivity index is 1.62. The average Bonchev–Trinajstić information content (AvgIpc) is 3.78. The van der Waals surface area contributed by atoms with Gasteiger partial charge in [0.2, 0.25) is 5.72 Å². The van der Waals surface area contributed by atoms with Crippen LogP contribution in [0.4, 0.5) is 4.39 Å². The van der Waals surface area contributed by atoms with Crippen LogP contribution < -0.4 is 0 Å². The molecule has 0 saturated carbocycles. The fourth-order valence-corrected chi connectivity index (χ4v) is 6.50. The van der Waals surface area contributed by atoms with Crippen molar-refractivity contribution in [3.8, 4) is 6.07 Å². The summed E-state index contributed by atoms with van der Waals surface area (Å²) in [7, 11) is 1.77. The second kappa shape index (κ2) is 12.0. The van der Waals surface area contributed by atoms with Crippen LogP contribution in [0, 0.1) is 17.1 Å². The van der Waals surface area contributed by atoms with Gasteiger partial charge in [0.15, 0.2) is 0 Å². The van der Waals surface area contributed by atoms with E-state index in [1.807, 2.05) is 0 Å². The van der Waals surface area contributed by atoms with E-state index < -0.39 is 29.2 Å². The highest BCUT2D eigenvalue weighted by Crippen LogP contribution is 2.50. The summed E-state index contributed by atoms with van der Waals surface area (Å²) in [6.45, 7) is 1.86. The number of nitrogens with zero attached hydrogens (tertiary/aromatic N) is 4. The number of aryl methyl sites for hydroxylation is 1. The number of rotatable bonds is 9. The summed E-state index contributed by atoms with van der Waals surface area (Å²) < 4.78 is 31.0. The van der Waals surface area contributed by atoms with Gasteiger partial charge < -0.3 is 24.3 Å². The van der Waals surface area contributed by atoms with Gasteiger partial charge in [-0.2, -0.15) is 5.26 Å². The molecule has 0 spiro atoms. The van der Waals surface area contributed by atoms with E-state index >= 15 is 4.39 Å². The van der Waals surface area contributed by atoms with Gasteiger partial charge in [-0.3, -0.25) is 9.69 Å². The third-order valence-corrected chi connectivity index (χ3v) is 9.00. The molecule has 2 N–H and O–H groups in total. The van der Waals surface area contributed by atoms with Crippen LogP contribution in [0.5, 0.6) is 0 Å². The van der Waals surface area contributed by atoms with Crippen molar-refractivity contribution in [1.82, 2.24) is 14.5 Å². The number of aliphatic hydroxyl groups is 2. The predicted molar refractivity (Wildman–Crippen MR) is 162 cm³/mol. The standard InChI is InChI=1S/C34H32ClFN4O5/c1-3-33(43,30-17-39(2)20-38-30)24-13-27-31(29(36)14-24)34(45-26-11-12-44-19-26,23-7-9-25(35)10-8-23)40(32(27)42)16-28-21(15-37)5-4-6-22(28)18-41/h4-10,13-14,17,20,26,41,43H,3,11-12,16,18-19H2,1-2H3/t26-,33?,34+/m0/s1. The van der Waals surface area contributed by atoms with Gasteiger partial charge in [-0.1, -0.05) is 42.8 Å². The third-order valence-electron chi connectivity index (χ3n) is 8.74. The first-order valence-electron chi connectivity index (χ1n) is 14.7. The Labute approximate surface area is 265 Å². The molecule has 3 heterocycles. The highest BCUT2D eigenvalue weighted by Gasteiger charge is 2.56. The van der Waals surface area contributed by atoms with Crippen molar-refractivity contribution in [3.05, 3.63) is 123 Å². The SMILES string of the molecule is CCC(O)(c1cc(F)c2c(c1)C(=O)N(Cc1c(C#N)cccc1CO)[C@@]2(O[C@H]1CCOC1)c1ccc(Cl)cc1)c1cn(C)cn1. The second-order valence-electron chi connectivity index (χ2n) is 11.4. The van der Waals surface area contributed by atoms with Crippen molar-refractivity contribution in [3.63, 3.8) is 0 Å². The average molecular weight is 631 g/mol. The summed E-state index contributed by atoms with van der Waals surface area (Å²) in [5, 5.41) is 32.5.